The normalized spacial score (nSPS) is 19.2. The first-order valence-corrected chi connectivity index (χ1v) is 14.9. The Morgan fingerprint density at radius 2 is 1.76 bits per heavy atom. The lowest BCUT2D eigenvalue weighted by Crippen LogP contribution is -2.51. The standard InChI is InChI=1S/C32H42ClN3O6/c1-32(2,3)21-36-26-11-10-23(33)19-25(26)30(24-8-5-6-9-27(24)41-4)42-17-7-14-35(20-28(36)37)31(40)34-15-12-22(13-16-34)18-29(38)39/h5-6,8-11,19,22,30H,7,12-18,20-21H2,1-4H3,(H,38,39)/t30-/m0/s1. The van der Waals surface area contributed by atoms with Crippen LogP contribution in [0.25, 0.3) is 0 Å². The molecule has 1 N–H and O–H groups in total. The van der Waals surface area contributed by atoms with Crippen molar-refractivity contribution in [3.8, 4) is 5.75 Å². The summed E-state index contributed by atoms with van der Waals surface area (Å²) in [6.07, 6.45) is 1.34. The zero-order chi connectivity index (χ0) is 30.4. The number of nitrogens with zero attached hydrogens (tertiary/aromatic N) is 3. The number of methoxy groups -OCH3 is 1. The van der Waals surface area contributed by atoms with Crippen LogP contribution < -0.4 is 9.64 Å². The van der Waals surface area contributed by atoms with Gasteiger partial charge < -0.3 is 29.3 Å². The molecule has 2 aromatic rings. The van der Waals surface area contributed by atoms with E-state index in [0.29, 0.717) is 68.5 Å². The monoisotopic (exact) mass is 599 g/mol. The highest BCUT2D eigenvalue weighted by Gasteiger charge is 2.33. The number of hydrogen-bond donors (Lipinski definition) is 1. The molecular weight excluding hydrogens is 558 g/mol. The Kier molecular flexibility index (Phi) is 10.4. The van der Waals surface area contributed by atoms with Crippen molar-refractivity contribution in [2.24, 2.45) is 11.3 Å². The number of carboxylic acids is 1. The SMILES string of the molecule is COc1ccccc1[C@@H]1OCCCN(C(=O)N2CCC(CC(=O)O)CC2)CC(=O)N(CC(C)(C)C)c2ccc(Cl)cc21. The Labute approximate surface area is 253 Å². The third kappa shape index (κ3) is 7.95. The summed E-state index contributed by atoms with van der Waals surface area (Å²) in [5.74, 6) is -0.283. The van der Waals surface area contributed by atoms with Gasteiger partial charge in [0.05, 0.1) is 7.11 Å². The molecule has 0 spiro atoms. The lowest BCUT2D eigenvalue weighted by molar-refractivity contribution is -0.138. The molecular formula is C32H42ClN3O6. The van der Waals surface area contributed by atoms with Crippen molar-refractivity contribution in [3.63, 3.8) is 0 Å². The Morgan fingerprint density at radius 1 is 1.05 bits per heavy atom. The minimum absolute atomic E-state index is 0.0571. The highest BCUT2D eigenvalue weighted by atomic mass is 35.5. The lowest BCUT2D eigenvalue weighted by Gasteiger charge is -2.37. The largest absolute Gasteiger partial charge is 0.496 e. The predicted molar refractivity (Wildman–Crippen MR) is 162 cm³/mol. The maximum Gasteiger partial charge on any atom is 0.320 e. The van der Waals surface area contributed by atoms with Crippen molar-refractivity contribution in [3.05, 3.63) is 58.6 Å². The molecule has 0 aromatic heterocycles. The molecule has 2 aliphatic heterocycles. The lowest BCUT2D eigenvalue weighted by atomic mass is 9.93. The summed E-state index contributed by atoms with van der Waals surface area (Å²) in [4.78, 5) is 44.1. The first kappa shape index (κ1) is 31.6. The Balaban J connectivity index is 1.69. The molecule has 10 heteroatoms. The van der Waals surface area contributed by atoms with Crippen LogP contribution in [-0.2, 0) is 14.3 Å². The number of rotatable bonds is 5. The number of anilines is 1. The van der Waals surface area contributed by atoms with Crippen LogP contribution in [0, 0.1) is 11.3 Å². The molecule has 0 saturated carbocycles. The average molecular weight is 600 g/mol. The number of halogens is 1. The molecule has 4 rings (SSSR count). The van der Waals surface area contributed by atoms with Crippen molar-refractivity contribution in [2.75, 3.05) is 51.3 Å². The molecule has 228 valence electrons. The topological polar surface area (TPSA) is 99.6 Å². The van der Waals surface area contributed by atoms with Crippen molar-refractivity contribution < 1.29 is 29.0 Å². The molecule has 1 atom stereocenters. The van der Waals surface area contributed by atoms with Crippen molar-refractivity contribution in [1.82, 2.24) is 9.80 Å². The fourth-order valence-electron chi connectivity index (χ4n) is 5.72. The molecule has 9 nitrogen and oxygen atoms in total. The van der Waals surface area contributed by atoms with Crippen molar-refractivity contribution in [2.45, 2.75) is 52.6 Å². The third-order valence-corrected chi connectivity index (χ3v) is 7.95. The van der Waals surface area contributed by atoms with Gasteiger partial charge in [0.15, 0.2) is 0 Å². The third-order valence-electron chi connectivity index (χ3n) is 7.72. The smallest absolute Gasteiger partial charge is 0.320 e. The van der Waals surface area contributed by atoms with E-state index in [0.717, 1.165) is 11.1 Å². The van der Waals surface area contributed by atoms with Gasteiger partial charge in [-0.2, -0.15) is 0 Å². The molecule has 0 bridgehead atoms. The van der Waals surface area contributed by atoms with Crippen LogP contribution >= 0.6 is 11.6 Å². The van der Waals surface area contributed by atoms with Gasteiger partial charge in [0.2, 0.25) is 5.91 Å². The number of hydrogen-bond acceptors (Lipinski definition) is 5. The molecule has 42 heavy (non-hydrogen) atoms. The second-order valence-corrected chi connectivity index (χ2v) is 12.8. The number of amides is 3. The van der Waals surface area contributed by atoms with E-state index < -0.39 is 12.1 Å². The van der Waals surface area contributed by atoms with Crippen LogP contribution in [-0.4, -0.2) is 79.3 Å². The fraction of sp³-hybridized carbons (Fsp3) is 0.531. The number of ether oxygens (including phenoxy) is 2. The predicted octanol–water partition coefficient (Wildman–Crippen LogP) is 5.85. The summed E-state index contributed by atoms with van der Waals surface area (Å²) in [6, 6.07) is 12.9. The number of para-hydroxylation sites is 1. The van der Waals surface area contributed by atoms with Gasteiger partial charge in [-0.15, -0.1) is 0 Å². The van der Waals surface area contributed by atoms with Gasteiger partial charge in [-0.05, 0) is 54.9 Å². The maximum absolute atomic E-state index is 14.2. The van der Waals surface area contributed by atoms with E-state index in [1.807, 2.05) is 36.4 Å². The number of benzene rings is 2. The van der Waals surface area contributed by atoms with E-state index in [9.17, 15) is 14.4 Å². The second-order valence-electron chi connectivity index (χ2n) is 12.3. The highest BCUT2D eigenvalue weighted by molar-refractivity contribution is 6.30. The van der Waals surface area contributed by atoms with Crippen LogP contribution in [0.15, 0.2) is 42.5 Å². The number of urea groups is 1. The molecule has 3 amide bonds. The van der Waals surface area contributed by atoms with Gasteiger partial charge in [0, 0.05) is 61.0 Å². The number of carbonyl (C=O) groups excluding carboxylic acids is 2. The number of piperidine rings is 1. The van der Waals surface area contributed by atoms with Gasteiger partial charge >= 0.3 is 12.0 Å². The van der Waals surface area contributed by atoms with Gasteiger partial charge in [-0.1, -0.05) is 50.6 Å². The van der Waals surface area contributed by atoms with Crippen LogP contribution in [0.1, 0.15) is 63.7 Å². The minimum Gasteiger partial charge on any atom is -0.496 e. The van der Waals surface area contributed by atoms with E-state index >= 15 is 0 Å². The first-order valence-electron chi connectivity index (χ1n) is 14.6. The fourth-order valence-corrected chi connectivity index (χ4v) is 5.90. The molecule has 1 fully saturated rings. The first-order chi connectivity index (χ1) is 20.0. The Morgan fingerprint density at radius 3 is 2.43 bits per heavy atom. The highest BCUT2D eigenvalue weighted by Crippen LogP contribution is 2.40. The summed E-state index contributed by atoms with van der Waals surface area (Å²) in [5, 5.41) is 9.68. The molecule has 2 aromatic carbocycles. The van der Waals surface area contributed by atoms with Gasteiger partial charge in [-0.25, -0.2) is 4.79 Å². The van der Waals surface area contributed by atoms with E-state index in [-0.39, 0.29) is 36.2 Å². The van der Waals surface area contributed by atoms with Gasteiger partial charge in [-0.3, -0.25) is 9.59 Å². The molecule has 2 heterocycles. The summed E-state index contributed by atoms with van der Waals surface area (Å²) >= 11 is 6.53. The molecule has 0 unspecified atom stereocenters. The second kappa shape index (κ2) is 13.8. The zero-order valence-corrected chi connectivity index (χ0v) is 25.7. The Hall–Kier alpha value is -3.30. The summed E-state index contributed by atoms with van der Waals surface area (Å²) in [6.45, 7) is 8.18. The zero-order valence-electron chi connectivity index (χ0n) is 25.0. The van der Waals surface area contributed by atoms with Gasteiger partial charge in [0.25, 0.3) is 0 Å². The summed E-state index contributed by atoms with van der Waals surface area (Å²) < 4.78 is 12.2. The minimum atomic E-state index is -0.815. The van der Waals surface area contributed by atoms with Gasteiger partial charge in [0.1, 0.15) is 18.4 Å². The molecule has 1 saturated heterocycles. The Bertz CT molecular complexity index is 1270. The van der Waals surface area contributed by atoms with Crippen molar-refractivity contribution in [1.29, 1.82) is 0 Å². The van der Waals surface area contributed by atoms with E-state index in [4.69, 9.17) is 26.2 Å². The van der Waals surface area contributed by atoms with Crippen LogP contribution in [0.4, 0.5) is 10.5 Å². The quantitative estimate of drug-likeness (QED) is 0.463. The molecule has 2 aliphatic rings. The number of likely N-dealkylation sites (tertiary alicyclic amines) is 1. The molecule has 0 radical (unpaired) electrons. The van der Waals surface area contributed by atoms with Crippen LogP contribution in [0.5, 0.6) is 5.75 Å². The number of carboxylic acid groups (broad SMARTS) is 1. The number of aliphatic carboxylic acids is 1. The number of carbonyl (C=O) groups is 3. The average Bonchev–Trinajstić information content (AvgIpc) is 2.96. The van der Waals surface area contributed by atoms with E-state index in [1.165, 1.54) is 0 Å². The van der Waals surface area contributed by atoms with E-state index in [1.54, 1.807) is 27.9 Å². The summed E-state index contributed by atoms with van der Waals surface area (Å²) in [5.41, 5.74) is 2.01. The number of fused-ring (bicyclic) bond motifs is 1. The summed E-state index contributed by atoms with van der Waals surface area (Å²) in [7, 11) is 1.62. The maximum atomic E-state index is 14.2. The van der Waals surface area contributed by atoms with E-state index in [2.05, 4.69) is 20.8 Å². The van der Waals surface area contributed by atoms with Crippen LogP contribution in [0.3, 0.4) is 0 Å². The van der Waals surface area contributed by atoms with Crippen molar-refractivity contribution >= 4 is 35.2 Å². The molecule has 0 aliphatic carbocycles. The van der Waals surface area contributed by atoms with Crippen LogP contribution in [0.2, 0.25) is 5.02 Å².